The zero-order valence-electron chi connectivity index (χ0n) is 83.3. The first kappa shape index (κ1) is 115. The molecule has 0 bridgehead atoms. The number of fused-ring (bicyclic) bond motifs is 8. The van der Waals surface area contributed by atoms with Crippen LogP contribution >= 0.6 is 70.4 Å². The fourth-order valence-corrected chi connectivity index (χ4v) is 15.9. The van der Waals surface area contributed by atoms with Crippen LogP contribution in [0.4, 0.5) is 22.7 Å². The maximum atomic E-state index is 9.22. The first-order valence-electron chi connectivity index (χ1n) is 46.3. The summed E-state index contributed by atoms with van der Waals surface area (Å²) in [6, 6.07) is 104. The molecule has 0 amide bonds. The molecular formula is C111H107B2Br3IN8Na2O16S2. The van der Waals surface area contributed by atoms with Crippen LogP contribution in [0.25, 0.3) is 88.5 Å². The Hall–Kier alpha value is -11.4. The van der Waals surface area contributed by atoms with Gasteiger partial charge in [0.05, 0.1) is 145 Å². The molecule has 3 radical (unpaired) electrons. The summed E-state index contributed by atoms with van der Waals surface area (Å²) in [5.74, 6) is 9.02. The Labute approximate surface area is 917 Å². The third kappa shape index (κ3) is 33.3. The number of halogens is 4. The Morgan fingerprint density at radius 3 is 0.917 bits per heavy atom. The van der Waals surface area contributed by atoms with E-state index in [1.54, 1.807) is 56.7 Å². The van der Waals surface area contributed by atoms with Gasteiger partial charge >= 0.3 is 69.3 Å². The molecule has 4 heterocycles. The van der Waals surface area contributed by atoms with Crippen molar-refractivity contribution in [1.29, 1.82) is 0 Å². The molecule has 0 unspecified atom stereocenters. The topological polar surface area (TPSA) is 296 Å². The van der Waals surface area contributed by atoms with Crippen molar-refractivity contribution in [2.24, 2.45) is 0 Å². The number of ether oxygens (including phenoxy) is 9. The van der Waals surface area contributed by atoms with Gasteiger partial charge in [0.2, 0.25) is 0 Å². The minimum atomic E-state index is -2.95. The molecule has 145 heavy (non-hydrogen) atoms. The monoisotopic (exact) mass is 2300 g/mol. The normalized spacial score (nSPS) is 10.9. The van der Waals surface area contributed by atoms with Gasteiger partial charge in [-0.1, -0.05) is 187 Å². The van der Waals surface area contributed by atoms with Crippen LogP contribution in [-0.4, -0.2) is 177 Å². The Morgan fingerprint density at radius 1 is 0.310 bits per heavy atom. The van der Waals surface area contributed by atoms with Crippen LogP contribution in [0.3, 0.4) is 0 Å². The zero-order valence-corrected chi connectivity index (χ0v) is 95.8. The van der Waals surface area contributed by atoms with Gasteiger partial charge in [0.25, 0.3) is 0 Å². The number of hydrogen-bond donors (Lipinski definition) is 3. The summed E-state index contributed by atoms with van der Waals surface area (Å²) in [6.07, 6.45) is 0.0678. The van der Waals surface area contributed by atoms with E-state index in [0.717, 1.165) is 186 Å². The third-order valence-electron chi connectivity index (χ3n) is 20.5. The Morgan fingerprint density at radius 2 is 0.586 bits per heavy atom. The van der Waals surface area contributed by atoms with Gasteiger partial charge in [-0.05, 0) is 281 Å². The van der Waals surface area contributed by atoms with Crippen LogP contribution in [0.1, 0.15) is 83.1 Å². The molecule has 1 aliphatic rings. The van der Waals surface area contributed by atoms with Crippen LogP contribution in [0.5, 0.6) is 74.7 Å². The second-order valence-electron chi connectivity index (χ2n) is 33.3. The minimum absolute atomic E-state index is 0. The zero-order chi connectivity index (χ0) is 104. The molecule has 3 N–H and O–H groups in total. The molecule has 1 aliphatic heterocycles. The Balaban J connectivity index is 0.000000183. The predicted molar refractivity (Wildman–Crippen MR) is 608 cm³/mol. The molecule has 0 fully saturated rings. The van der Waals surface area contributed by atoms with Crippen LogP contribution in [-0.2, 0) is 18.5 Å². The fraction of sp³-hybridized carbons (Fsp3) is 0.189. The number of phenols is 1. The summed E-state index contributed by atoms with van der Waals surface area (Å²) in [4.78, 5) is 32.9. The van der Waals surface area contributed by atoms with E-state index in [4.69, 9.17) is 74.5 Å². The number of benzene rings is 15. The molecular weight excluding hydrogens is 2200 g/mol. The molecule has 18 aromatic rings. The first-order chi connectivity index (χ1) is 69.2. The summed E-state index contributed by atoms with van der Waals surface area (Å²) >= 11 is 15.6. The number of rotatable bonds is 20. The van der Waals surface area contributed by atoms with Gasteiger partial charge in [-0.2, -0.15) is 16.8 Å². The van der Waals surface area contributed by atoms with Gasteiger partial charge in [-0.25, -0.2) is 29.9 Å². The second kappa shape index (κ2) is 57.0. The van der Waals surface area contributed by atoms with Gasteiger partial charge in [0.15, 0.2) is 0 Å². The molecule has 15 aromatic carbocycles. The molecule has 3 aromatic heterocycles. The first-order valence-corrected chi connectivity index (χ1v) is 60.6. The van der Waals surface area contributed by atoms with Crippen molar-refractivity contribution in [2.45, 2.75) is 117 Å². The second-order valence-corrected chi connectivity index (χ2v) is 41.0. The van der Waals surface area contributed by atoms with Gasteiger partial charge < -0.3 is 67.6 Å². The van der Waals surface area contributed by atoms with E-state index in [1.165, 1.54) is 50.7 Å². The molecule has 0 aliphatic carbocycles. The summed E-state index contributed by atoms with van der Waals surface area (Å²) in [7, 11) is -2.65. The number of methoxy groups -OCH3 is 3. The van der Waals surface area contributed by atoms with Crippen molar-refractivity contribution in [3.05, 3.63) is 335 Å². The van der Waals surface area contributed by atoms with Crippen LogP contribution in [0.2, 0.25) is 0 Å². The molecule has 735 valence electrons. The summed E-state index contributed by atoms with van der Waals surface area (Å²) in [5, 5.41) is 27.1. The molecule has 24 nitrogen and oxygen atoms in total. The van der Waals surface area contributed by atoms with Gasteiger partial charge in [0.1, 0.15) is 74.7 Å². The number of alkyl halides is 1. The third-order valence-corrected chi connectivity index (χ3v) is 22.9. The SMILES string of the molecule is Brc1ccc2nc3cc(Br)ccc3nc2c1.Brc1ccc2nc3cc(Oc4ccccc4)ccc3nc2c1.CC(C)I.COc1cccc(OC(C)C)c1-c1ccc2c(c1)N(C(C)C)c1ccc(Oc3ccccc3)cc1N2C(C)C.COc1cccc(OC(C)C)c1-c1ccc2nc3cc(Oc4ccccc4)ccc3nc2c1.COc1cccc(OC(C)C)c1B(O)O.O=S(=O)=S(=O)=O.Oc1ccccc1.[B].[Na][Na]. The van der Waals surface area contributed by atoms with E-state index < -0.39 is 25.6 Å². The molecule has 0 atom stereocenters. The summed E-state index contributed by atoms with van der Waals surface area (Å²) in [5.41, 5.74) is 19.0. The van der Waals surface area contributed by atoms with E-state index in [0.29, 0.717) is 17.2 Å². The molecule has 0 spiro atoms. The number of aromatic nitrogens is 6. The van der Waals surface area contributed by atoms with Crippen LogP contribution in [0.15, 0.2) is 335 Å². The number of aromatic hydroxyl groups is 1. The molecule has 19 rings (SSSR count). The van der Waals surface area contributed by atoms with Crippen molar-refractivity contribution < 1.29 is 74.6 Å². The van der Waals surface area contributed by atoms with Crippen LogP contribution < -0.4 is 57.9 Å². The van der Waals surface area contributed by atoms with E-state index in [1.807, 2.05) is 284 Å². The summed E-state index contributed by atoms with van der Waals surface area (Å²) in [6.45, 7) is 25.1. The number of anilines is 4. The van der Waals surface area contributed by atoms with E-state index in [9.17, 15) is 10.0 Å². The number of para-hydroxylation sites is 4. The standard InChI is InChI=1S/C34H38N2O3.C28H24N2O3.C18H11BrN2O.C12H6Br2N2.C10H15BO4.C6H6O.C3H7I.B.2Na.O4S2/c1-22(2)35-29-19-17-27(39-26-12-9-8-10-13-26)21-31(29)36(23(3)4)28-18-16-25(20-30(28)35)34-32(37-7)14-11-15-33(34)38-24(5)6;1-18(2)32-27-11-7-10-26(31-3)28(27)19-12-14-22-24(16-19)29-23-15-13-21(17-25(23)30-22)33-20-8-5-4-6-9-20;19-12-6-8-15-17(10-12)20-16-9-7-14(11-18(16)21-15)22-13-4-2-1-3-5-13;13-7-1-3-9-11(5-7)16-10-4-2-8(14)6-12(10)15-9;1-7(2)15-9-6-4-5-8(14-3)10(9)11(12)13;7-6-4-2-1-3-5-6;1-3(2)4;;;;1-5(2)6(3)4/h8-24H,1-7H3;4-18H,1-3H3;1-11H;1-6H;4-7,12-13H,1-3H3;1-5,7H;3H,1-2H3;;;;. The van der Waals surface area contributed by atoms with Crippen molar-refractivity contribution >= 4 is 242 Å². The van der Waals surface area contributed by atoms with E-state index in [-0.39, 0.29) is 44.3 Å². The van der Waals surface area contributed by atoms with E-state index in [2.05, 4.69) is 178 Å². The van der Waals surface area contributed by atoms with Crippen molar-refractivity contribution in [1.82, 2.24) is 29.9 Å². The van der Waals surface area contributed by atoms with Gasteiger partial charge in [-0.3, -0.25) is 0 Å². The Bertz CT molecular complexity index is 7550. The van der Waals surface area contributed by atoms with Gasteiger partial charge in [0, 0.05) is 56.0 Å². The molecule has 0 saturated heterocycles. The number of nitrogens with zero attached hydrogens (tertiary/aromatic N) is 8. The van der Waals surface area contributed by atoms with Crippen molar-refractivity contribution in [3.8, 4) is 97.0 Å². The fourth-order valence-electron chi connectivity index (χ4n) is 14.8. The molecule has 0 saturated carbocycles. The molecule has 34 heteroatoms. The number of hydrogen-bond acceptors (Lipinski definition) is 24. The average Bonchev–Trinajstić information content (AvgIpc) is 0.730. The maximum absolute atomic E-state index is 9.22. The Kier molecular flexibility index (Phi) is 45.4. The summed E-state index contributed by atoms with van der Waals surface area (Å²) < 4.78 is 92.4. The average molecular weight is 2310 g/mol. The van der Waals surface area contributed by atoms with E-state index >= 15 is 0 Å². The van der Waals surface area contributed by atoms with Crippen LogP contribution in [0, 0.1) is 0 Å². The predicted octanol–water partition coefficient (Wildman–Crippen LogP) is 26.9. The van der Waals surface area contributed by atoms with Gasteiger partial charge in [-0.15, -0.1) is 0 Å². The quantitative estimate of drug-likeness (QED) is 0.0276. The van der Waals surface area contributed by atoms with Crippen molar-refractivity contribution in [2.75, 3.05) is 31.1 Å². The van der Waals surface area contributed by atoms with Crippen molar-refractivity contribution in [3.63, 3.8) is 0 Å². The number of phenolic OH excluding ortho intramolecular Hbond substituents is 1.